The molecule has 10 nitrogen and oxygen atoms in total. The monoisotopic (exact) mass is 490 g/mol. The molecule has 1 aliphatic rings. The predicted octanol–water partition coefficient (Wildman–Crippen LogP) is 3.00. The van der Waals surface area contributed by atoms with Gasteiger partial charge >= 0.3 is 6.09 Å². The Kier molecular flexibility index (Phi) is 7.33. The van der Waals surface area contributed by atoms with E-state index >= 15 is 0 Å². The second-order valence-electron chi connectivity index (χ2n) is 9.48. The van der Waals surface area contributed by atoms with Gasteiger partial charge in [0.05, 0.1) is 17.6 Å². The third kappa shape index (κ3) is 6.47. The lowest BCUT2D eigenvalue weighted by Crippen LogP contribution is -2.50. The van der Waals surface area contributed by atoms with Crippen molar-refractivity contribution in [3.05, 3.63) is 71.1 Å². The van der Waals surface area contributed by atoms with Gasteiger partial charge in [-0.2, -0.15) is 5.10 Å². The fourth-order valence-electron chi connectivity index (χ4n) is 3.76. The van der Waals surface area contributed by atoms with Gasteiger partial charge < -0.3 is 19.9 Å². The minimum Gasteiger partial charge on any atom is -0.444 e. The normalized spacial score (nSPS) is 13.9. The molecule has 188 valence electrons. The van der Waals surface area contributed by atoms with Crippen LogP contribution in [0.1, 0.15) is 20.8 Å². The number of carbonyl (C=O) groups excluding carboxylic acids is 2. The molecule has 1 saturated heterocycles. The molecule has 3 heterocycles. The van der Waals surface area contributed by atoms with Crippen LogP contribution in [0.15, 0.2) is 65.6 Å². The van der Waals surface area contributed by atoms with E-state index in [-0.39, 0.29) is 18.2 Å². The first-order valence-corrected chi connectivity index (χ1v) is 11.8. The summed E-state index contributed by atoms with van der Waals surface area (Å²) in [5.74, 6) is -0.0237. The number of ether oxygens (including phenoxy) is 1. The van der Waals surface area contributed by atoms with Gasteiger partial charge in [0.1, 0.15) is 18.0 Å². The lowest BCUT2D eigenvalue weighted by molar-refractivity contribution is -0.117. The topological polar surface area (TPSA) is 110 Å². The quantitative estimate of drug-likeness (QED) is 0.585. The highest BCUT2D eigenvalue weighted by atomic mass is 16.6. The Labute approximate surface area is 209 Å². The van der Waals surface area contributed by atoms with E-state index in [1.807, 2.05) is 57.2 Å². The van der Waals surface area contributed by atoms with E-state index in [2.05, 4.69) is 20.3 Å². The number of carbonyl (C=O) groups is 2. The molecule has 1 aliphatic heterocycles. The van der Waals surface area contributed by atoms with E-state index in [1.54, 1.807) is 23.2 Å². The number of amides is 2. The molecule has 10 heteroatoms. The second-order valence-corrected chi connectivity index (χ2v) is 9.48. The molecule has 4 rings (SSSR count). The second kappa shape index (κ2) is 10.6. The first kappa shape index (κ1) is 24.9. The number of hydrogen-bond donors (Lipinski definition) is 1. The summed E-state index contributed by atoms with van der Waals surface area (Å²) in [5.41, 5.74) is 1.48. The maximum absolute atomic E-state index is 12.6. The van der Waals surface area contributed by atoms with Gasteiger partial charge in [-0.1, -0.05) is 30.3 Å². The van der Waals surface area contributed by atoms with Crippen LogP contribution in [-0.4, -0.2) is 63.4 Å². The highest BCUT2D eigenvalue weighted by Gasteiger charge is 2.26. The van der Waals surface area contributed by atoms with Crippen molar-refractivity contribution in [2.45, 2.75) is 32.9 Å². The van der Waals surface area contributed by atoms with Crippen LogP contribution in [0.4, 0.5) is 16.3 Å². The number of nitrogens with one attached hydrogen (secondary N) is 1. The van der Waals surface area contributed by atoms with Crippen molar-refractivity contribution in [3.63, 3.8) is 0 Å². The number of aromatic nitrogens is 3. The van der Waals surface area contributed by atoms with Gasteiger partial charge in [0.2, 0.25) is 5.91 Å². The summed E-state index contributed by atoms with van der Waals surface area (Å²) < 4.78 is 6.58. The van der Waals surface area contributed by atoms with Crippen LogP contribution in [0, 0.1) is 0 Å². The molecule has 3 aromatic rings. The maximum Gasteiger partial charge on any atom is 0.410 e. The van der Waals surface area contributed by atoms with Crippen LogP contribution in [0.5, 0.6) is 0 Å². The zero-order chi connectivity index (χ0) is 25.7. The molecule has 1 aromatic carbocycles. The highest BCUT2D eigenvalue weighted by molar-refractivity contribution is 5.89. The lowest BCUT2D eigenvalue weighted by Gasteiger charge is -2.36. The molecule has 1 fully saturated rings. The molecular formula is C26H30N6O4. The Morgan fingerprint density at radius 2 is 1.69 bits per heavy atom. The minimum absolute atomic E-state index is 0.227. The highest BCUT2D eigenvalue weighted by Crippen LogP contribution is 2.19. The molecule has 0 aliphatic carbocycles. The van der Waals surface area contributed by atoms with E-state index < -0.39 is 11.5 Å². The number of rotatable bonds is 5. The Hall–Kier alpha value is -4.21. The third-order valence-electron chi connectivity index (χ3n) is 5.54. The van der Waals surface area contributed by atoms with Gasteiger partial charge in [-0.3, -0.25) is 9.59 Å². The summed E-state index contributed by atoms with van der Waals surface area (Å²) >= 11 is 0. The van der Waals surface area contributed by atoms with Gasteiger partial charge in [0, 0.05) is 37.8 Å². The molecule has 0 radical (unpaired) electrons. The van der Waals surface area contributed by atoms with Crippen LogP contribution in [-0.2, 0) is 16.1 Å². The number of benzene rings is 1. The Morgan fingerprint density at radius 3 is 2.33 bits per heavy atom. The van der Waals surface area contributed by atoms with Crippen LogP contribution in [0.25, 0.3) is 11.3 Å². The summed E-state index contributed by atoms with van der Waals surface area (Å²) in [6, 6.07) is 16.1. The molecule has 0 spiro atoms. The summed E-state index contributed by atoms with van der Waals surface area (Å²) in [5, 5.41) is 7.03. The minimum atomic E-state index is -0.521. The van der Waals surface area contributed by atoms with Crippen molar-refractivity contribution in [1.29, 1.82) is 0 Å². The van der Waals surface area contributed by atoms with Crippen molar-refractivity contribution in [3.8, 4) is 11.3 Å². The number of anilines is 2. The smallest absolute Gasteiger partial charge is 0.410 e. The van der Waals surface area contributed by atoms with Gasteiger partial charge in [-0.15, -0.1) is 0 Å². The van der Waals surface area contributed by atoms with Crippen molar-refractivity contribution in [2.24, 2.45) is 0 Å². The van der Waals surface area contributed by atoms with Crippen molar-refractivity contribution < 1.29 is 14.3 Å². The van der Waals surface area contributed by atoms with Gasteiger partial charge in [0.25, 0.3) is 5.56 Å². The van der Waals surface area contributed by atoms with E-state index in [9.17, 15) is 14.4 Å². The summed E-state index contributed by atoms with van der Waals surface area (Å²) in [7, 11) is 0. The molecule has 0 bridgehead atoms. The fraction of sp³-hybridized carbons (Fsp3) is 0.346. The van der Waals surface area contributed by atoms with Crippen molar-refractivity contribution >= 4 is 23.5 Å². The summed E-state index contributed by atoms with van der Waals surface area (Å²) in [4.78, 5) is 45.2. The summed E-state index contributed by atoms with van der Waals surface area (Å²) in [6.07, 6.45) is 1.38. The number of nitrogens with zero attached hydrogens (tertiary/aromatic N) is 5. The molecule has 36 heavy (non-hydrogen) atoms. The Balaban J connectivity index is 1.32. The number of piperazine rings is 1. The van der Waals surface area contributed by atoms with Crippen LogP contribution in [0.2, 0.25) is 0 Å². The number of hydrogen-bond acceptors (Lipinski definition) is 7. The number of pyridine rings is 1. The van der Waals surface area contributed by atoms with Crippen LogP contribution < -0.4 is 15.8 Å². The molecule has 1 N–H and O–H groups in total. The maximum atomic E-state index is 12.6. The van der Waals surface area contributed by atoms with Gasteiger partial charge in [0.15, 0.2) is 0 Å². The molecule has 0 saturated carbocycles. The average molecular weight is 491 g/mol. The standard InChI is InChI=1S/C26H30N6O4/c1-26(2,3)36-25(35)31-15-13-30(14-16-31)20-9-11-22(27-17-20)28-23(33)18-32-24(34)12-10-21(29-32)19-7-5-4-6-8-19/h4-12,17H,13-16,18H2,1-3H3,(H,27,28,33). The zero-order valence-corrected chi connectivity index (χ0v) is 20.7. The fourth-order valence-corrected chi connectivity index (χ4v) is 3.76. The average Bonchev–Trinajstić information content (AvgIpc) is 2.85. The van der Waals surface area contributed by atoms with Gasteiger partial charge in [-0.25, -0.2) is 14.5 Å². The van der Waals surface area contributed by atoms with E-state index in [0.29, 0.717) is 37.7 Å². The largest absolute Gasteiger partial charge is 0.444 e. The van der Waals surface area contributed by atoms with E-state index in [4.69, 9.17) is 4.74 Å². The predicted molar refractivity (Wildman–Crippen MR) is 137 cm³/mol. The van der Waals surface area contributed by atoms with E-state index in [0.717, 1.165) is 15.9 Å². The van der Waals surface area contributed by atoms with Gasteiger partial charge in [-0.05, 0) is 39.0 Å². The summed E-state index contributed by atoms with van der Waals surface area (Å²) in [6.45, 7) is 7.74. The van der Waals surface area contributed by atoms with Crippen molar-refractivity contribution in [2.75, 3.05) is 36.4 Å². The molecule has 0 unspecified atom stereocenters. The first-order chi connectivity index (χ1) is 17.2. The zero-order valence-electron chi connectivity index (χ0n) is 20.7. The Bertz CT molecular complexity index is 1260. The molecular weight excluding hydrogens is 460 g/mol. The van der Waals surface area contributed by atoms with Crippen LogP contribution >= 0.6 is 0 Å². The first-order valence-electron chi connectivity index (χ1n) is 11.8. The SMILES string of the molecule is CC(C)(C)OC(=O)N1CCN(c2ccc(NC(=O)Cn3nc(-c4ccccc4)ccc3=O)nc2)CC1. The molecule has 2 aromatic heterocycles. The molecule has 0 atom stereocenters. The Morgan fingerprint density at radius 1 is 0.972 bits per heavy atom. The molecule has 2 amide bonds. The third-order valence-corrected chi connectivity index (χ3v) is 5.54. The lowest BCUT2D eigenvalue weighted by atomic mass is 10.1. The van der Waals surface area contributed by atoms with Crippen LogP contribution in [0.3, 0.4) is 0 Å². The van der Waals surface area contributed by atoms with Crippen molar-refractivity contribution in [1.82, 2.24) is 19.7 Å². The van der Waals surface area contributed by atoms with E-state index in [1.165, 1.54) is 6.07 Å².